The third-order valence-electron chi connectivity index (χ3n) is 2.72. The van der Waals surface area contributed by atoms with Gasteiger partial charge in [0, 0.05) is 17.5 Å². The van der Waals surface area contributed by atoms with Crippen LogP contribution in [0.3, 0.4) is 0 Å². The molecule has 0 unspecified atom stereocenters. The molecule has 2 aromatic rings. The summed E-state index contributed by atoms with van der Waals surface area (Å²) in [4.78, 5) is 30.7. The van der Waals surface area contributed by atoms with E-state index >= 15 is 0 Å². The van der Waals surface area contributed by atoms with Crippen LogP contribution < -0.4 is 10.9 Å². The fraction of sp³-hybridized carbons (Fsp3) is 0.308. The molecule has 0 bridgehead atoms. The second kappa shape index (κ2) is 6.29. The first-order chi connectivity index (χ1) is 9.16. The number of hydrogen-bond acceptors (Lipinski definition) is 4. The molecule has 1 amide bonds. The van der Waals surface area contributed by atoms with Gasteiger partial charge in [0.05, 0.1) is 11.2 Å². The molecule has 0 aliphatic carbocycles. The van der Waals surface area contributed by atoms with Crippen molar-refractivity contribution in [1.29, 1.82) is 0 Å². The van der Waals surface area contributed by atoms with E-state index in [9.17, 15) is 9.59 Å². The van der Waals surface area contributed by atoms with Crippen LogP contribution in [0, 0.1) is 6.92 Å². The van der Waals surface area contributed by atoms with Crippen LogP contribution in [0.2, 0.25) is 0 Å². The van der Waals surface area contributed by atoms with E-state index < -0.39 is 0 Å². The highest BCUT2D eigenvalue weighted by atomic mass is 32.1. The van der Waals surface area contributed by atoms with Crippen molar-refractivity contribution in [2.75, 3.05) is 6.54 Å². The summed E-state index contributed by atoms with van der Waals surface area (Å²) in [5.74, 6) is -0.251. The van der Waals surface area contributed by atoms with E-state index in [4.69, 9.17) is 0 Å². The first kappa shape index (κ1) is 13.5. The van der Waals surface area contributed by atoms with Crippen LogP contribution in [0.4, 0.5) is 0 Å². The highest BCUT2D eigenvalue weighted by Gasteiger charge is 2.06. The predicted octanol–water partition coefficient (Wildman–Crippen LogP) is 1.50. The molecule has 0 spiro atoms. The smallest absolute Gasteiger partial charge is 0.267 e. The molecule has 0 aliphatic rings. The lowest BCUT2D eigenvalue weighted by molar-refractivity contribution is 0.0948. The normalized spacial score (nSPS) is 10.4. The maximum atomic E-state index is 11.7. The number of H-pyrrole nitrogens is 1. The van der Waals surface area contributed by atoms with Crippen LogP contribution in [0.15, 0.2) is 28.5 Å². The Morgan fingerprint density at radius 3 is 3.00 bits per heavy atom. The van der Waals surface area contributed by atoms with Crippen molar-refractivity contribution in [2.45, 2.75) is 19.8 Å². The number of pyridine rings is 1. The van der Waals surface area contributed by atoms with Gasteiger partial charge in [0.15, 0.2) is 0 Å². The number of thiazole rings is 1. The van der Waals surface area contributed by atoms with Crippen molar-refractivity contribution in [3.63, 3.8) is 0 Å². The highest BCUT2D eigenvalue weighted by Crippen LogP contribution is 2.13. The molecule has 0 saturated heterocycles. The molecule has 0 atom stereocenters. The Morgan fingerprint density at radius 1 is 1.47 bits per heavy atom. The number of carbonyl (C=O) groups excluding carboxylic acids is 1. The van der Waals surface area contributed by atoms with E-state index in [0.717, 1.165) is 18.5 Å². The molecular formula is C13H15N3O2S. The van der Waals surface area contributed by atoms with Gasteiger partial charge in [-0.15, -0.1) is 11.3 Å². The van der Waals surface area contributed by atoms with Crippen molar-refractivity contribution in [1.82, 2.24) is 15.3 Å². The maximum Gasteiger partial charge on any atom is 0.267 e. The van der Waals surface area contributed by atoms with E-state index in [1.165, 1.54) is 10.9 Å². The minimum absolute atomic E-state index is 0.251. The Labute approximate surface area is 114 Å². The Morgan fingerprint density at radius 2 is 2.32 bits per heavy atom. The summed E-state index contributed by atoms with van der Waals surface area (Å²) in [6.45, 7) is 2.56. The summed E-state index contributed by atoms with van der Waals surface area (Å²) < 4.78 is 0. The zero-order valence-electron chi connectivity index (χ0n) is 10.6. The first-order valence-electron chi connectivity index (χ1n) is 6.03. The summed E-state index contributed by atoms with van der Waals surface area (Å²) in [5.41, 5.74) is 2.91. The fourth-order valence-corrected chi connectivity index (χ4v) is 2.52. The van der Waals surface area contributed by atoms with Gasteiger partial charge in [-0.2, -0.15) is 0 Å². The maximum absolute atomic E-state index is 11.7. The molecule has 0 aromatic carbocycles. The fourth-order valence-electron chi connectivity index (χ4n) is 1.69. The van der Waals surface area contributed by atoms with E-state index in [-0.39, 0.29) is 11.5 Å². The van der Waals surface area contributed by atoms with Gasteiger partial charge in [-0.3, -0.25) is 9.59 Å². The van der Waals surface area contributed by atoms with Crippen molar-refractivity contribution in [3.05, 3.63) is 50.3 Å². The molecule has 2 rings (SSSR count). The summed E-state index contributed by atoms with van der Waals surface area (Å²) >= 11 is 1.64. The average molecular weight is 277 g/mol. The summed E-state index contributed by atoms with van der Waals surface area (Å²) in [5, 5.41) is 2.78. The third-order valence-corrected chi connectivity index (χ3v) is 3.72. The van der Waals surface area contributed by atoms with Gasteiger partial charge in [-0.1, -0.05) is 6.07 Å². The van der Waals surface area contributed by atoms with Gasteiger partial charge in [0.1, 0.15) is 5.69 Å². The Balaban J connectivity index is 1.78. The molecule has 19 heavy (non-hydrogen) atoms. The number of aryl methyl sites for hydroxylation is 2. The summed E-state index contributed by atoms with van der Waals surface area (Å²) in [6, 6.07) is 4.53. The Bertz CT molecular complexity index is 618. The van der Waals surface area contributed by atoms with Crippen molar-refractivity contribution < 1.29 is 4.79 Å². The Hall–Kier alpha value is -1.95. The number of nitrogens with one attached hydrogen (secondary N) is 2. The molecule has 0 radical (unpaired) electrons. The zero-order chi connectivity index (χ0) is 13.7. The van der Waals surface area contributed by atoms with Crippen LogP contribution in [-0.2, 0) is 6.42 Å². The number of carbonyl (C=O) groups is 1. The number of nitrogens with zero attached hydrogens (tertiary/aromatic N) is 1. The minimum Gasteiger partial charge on any atom is -0.351 e. The number of hydrogen-bond donors (Lipinski definition) is 2. The van der Waals surface area contributed by atoms with Crippen LogP contribution in [-0.4, -0.2) is 22.4 Å². The summed E-state index contributed by atoms with van der Waals surface area (Å²) in [7, 11) is 0. The van der Waals surface area contributed by atoms with Gasteiger partial charge in [-0.05, 0) is 25.8 Å². The predicted molar refractivity (Wildman–Crippen MR) is 74.6 cm³/mol. The van der Waals surface area contributed by atoms with Crippen molar-refractivity contribution in [2.24, 2.45) is 0 Å². The molecule has 0 saturated carbocycles. The van der Waals surface area contributed by atoms with Crippen LogP contribution in [0.25, 0.3) is 0 Å². The lowest BCUT2D eigenvalue weighted by Crippen LogP contribution is -2.27. The standard InChI is InChI=1S/C13H15N3O2S/c1-9-11(19-8-15-9)5-3-7-14-13(18)10-4-2-6-12(17)16-10/h2,4,6,8H,3,5,7H2,1H3,(H,14,18)(H,16,17). The molecule has 6 heteroatoms. The van der Waals surface area contributed by atoms with Crippen LogP contribution in [0.1, 0.15) is 27.5 Å². The van der Waals surface area contributed by atoms with Crippen LogP contribution in [0.5, 0.6) is 0 Å². The number of aromatic nitrogens is 2. The molecule has 2 aromatic heterocycles. The Kier molecular flexibility index (Phi) is 4.46. The molecule has 0 aliphatic heterocycles. The van der Waals surface area contributed by atoms with Crippen molar-refractivity contribution in [3.8, 4) is 0 Å². The second-order valence-electron chi connectivity index (χ2n) is 4.15. The average Bonchev–Trinajstić information content (AvgIpc) is 2.80. The molecule has 5 nitrogen and oxygen atoms in total. The molecule has 0 fully saturated rings. The second-order valence-corrected chi connectivity index (χ2v) is 5.09. The first-order valence-corrected chi connectivity index (χ1v) is 6.91. The van der Waals surface area contributed by atoms with E-state index in [2.05, 4.69) is 15.3 Å². The monoisotopic (exact) mass is 277 g/mol. The van der Waals surface area contributed by atoms with Gasteiger partial charge in [0.25, 0.3) is 5.91 Å². The summed E-state index contributed by atoms with van der Waals surface area (Å²) in [6.07, 6.45) is 1.76. The van der Waals surface area contributed by atoms with Gasteiger partial charge in [-0.25, -0.2) is 4.98 Å². The van der Waals surface area contributed by atoms with Gasteiger partial charge in [0.2, 0.25) is 5.56 Å². The lowest BCUT2D eigenvalue weighted by Gasteiger charge is -2.04. The quantitative estimate of drug-likeness (QED) is 0.813. The van der Waals surface area contributed by atoms with E-state index in [0.29, 0.717) is 12.2 Å². The highest BCUT2D eigenvalue weighted by molar-refractivity contribution is 7.09. The van der Waals surface area contributed by atoms with Gasteiger partial charge < -0.3 is 10.3 Å². The molecular weight excluding hydrogens is 262 g/mol. The lowest BCUT2D eigenvalue weighted by atomic mass is 10.2. The van der Waals surface area contributed by atoms with Crippen LogP contribution >= 0.6 is 11.3 Å². The van der Waals surface area contributed by atoms with Crippen molar-refractivity contribution >= 4 is 17.2 Å². The number of rotatable bonds is 5. The van der Waals surface area contributed by atoms with E-state index in [1.807, 2.05) is 12.4 Å². The van der Waals surface area contributed by atoms with Gasteiger partial charge >= 0.3 is 0 Å². The molecule has 2 heterocycles. The minimum atomic E-state index is -0.270. The zero-order valence-corrected chi connectivity index (χ0v) is 11.4. The topological polar surface area (TPSA) is 74.8 Å². The molecule has 2 N–H and O–H groups in total. The SMILES string of the molecule is Cc1ncsc1CCCNC(=O)c1cccc(=O)[nH]1. The number of amides is 1. The number of aromatic amines is 1. The molecule has 100 valence electrons. The van der Waals surface area contributed by atoms with E-state index in [1.54, 1.807) is 23.5 Å². The third kappa shape index (κ3) is 3.75. The largest absolute Gasteiger partial charge is 0.351 e.